The van der Waals surface area contributed by atoms with Crippen LogP contribution >= 0.6 is 0 Å². The fraction of sp³-hybridized carbons (Fsp3) is 0.235. The van der Waals surface area contributed by atoms with Gasteiger partial charge >= 0.3 is 26.2 Å². The van der Waals surface area contributed by atoms with Crippen LogP contribution in [0.25, 0.3) is 0 Å². The van der Waals surface area contributed by atoms with Gasteiger partial charge in [0.2, 0.25) is 0 Å². The Balaban J connectivity index is 0.000000227. The maximum atomic E-state index is 3.72. The van der Waals surface area contributed by atoms with Crippen molar-refractivity contribution in [2.24, 2.45) is 11.8 Å². The third kappa shape index (κ3) is 12.2. The SMILES string of the molecule is C1=CCC2CC[CH-]C2=C1.C1=CCC2CC[CH-]C2=C1.C=C.[CH2-]c1ccccc1.[CH2-]c1ccccc1.[Zr+4]. The minimum absolute atomic E-state index is 0. The molecule has 0 bridgehead atoms. The van der Waals surface area contributed by atoms with Crippen molar-refractivity contribution >= 4 is 0 Å². The van der Waals surface area contributed by atoms with E-state index in [9.17, 15) is 0 Å². The van der Waals surface area contributed by atoms with E-state index in [4.69, 9.17) is 0 Å². The van der Waals surface area contributed by atoms with Crippen molar-refractivity contribution in [3.63, 3.8) is 0 Å². The van der Waals surface area contributed by atoms with Crippen LogP contribution in [-0.2, 0) is 26.2 Å². The van der Waals surface area contributed by atoms with E-state index < -0.39 is 0 Å². The van der Waals surface area contributed by atoms with Gasteiger partial charge in [-0.05, 0) is 24.7 Å². The maximum Gasteiger partial charge on any atom is 4.00 e. The molecular weight excluding hydrogens is 500 g/mol. The van der Waals surface area contributed by atoms with E-state index >= 15 is 0 Å². The second kappa shape index (κ2) is 18.8. The predicted octanol–water partition coefficient (Wildman–Crippen LogP) is 9.51. The molecule has 0 aromatic heterocycles. The summed E-state index contributed by atoms with van der Waals surface area (Å²) in [5.41, 5.74) is 5.31. The molecule has 2 fully saturated rings. The molecule has 0 spiro atoms. The van der Waals surface area contributed by atoms with E-state index in [1.807, 2.05) is 60.7 Å². The van der Waals surface area contributed by atoms with Crippen molar-refractivity contribution in [3.8, 4) is 0 Å². The van der Waals surface area contributed by atoms with E-state index in [1.54, 1.807) is 11.1 Å². The fourth-order valence-electron chi connectivity index (χ4n) is 4.29. The summed E-state index contributed by atoms with van der Waals surface area (Å²) in [6.45, 7) is 13.4. The molecule has 2 saturated carbocycles. The van der Waals surface area contributed by atoms with Gasteiger partial charge in [-0.15, -0.1) is 74.6 Å². The maximum absolute atomic E-state index is 3.72. The van der Waals surface area contributed by atoms with Crippen LogP contribution in [0, 0.1) is 38.5 Å². The molecule has 2 atom stereocenters. The van der Waals surface area contributed by atoms with Gasteiger partial charge in [0.1, 0.15) is 0 Å². The molecule has 2 unspecified atom stereocenters. The number of allylic oxidation sites excluding steroid dienone is 8. The normalized spacial score (nSPS) is 19.5. The molecule has 0 aliphatic heterocycles. The largest absolute Gasteiger partial charge is 4.00 e. The Morgan fingerprint density at radius 1 is 0.629 bits per heavy atom. The van der Waals surface area contributed by atoms with Gasteiger partial charge < -0.3 is 0 Å². The molecule has 0 saturated heterocycles. The van der Waals surface area contributed by atoms with Crippen molar-refractivity contribution in [1.82, 2.24) is 0 Å². The smallest absolute Gasteiger partial charge is 0.227 e. The standard InChI is InChI=1S/2C9H11.2C7H7.C2H4.Zr/c2*1-2-5-9-7-3-6-8(9)4-1;2*1-7-5-3-2-4-6-7;1-2;/h2*1-2,4,6,9H,3,5,7H2;2*2-6H,1H2;1-2H2;/q4*-1;;+4. The minimum Gasteiger partial charge on any atom is -0.227 e. The number of benzene rings is 2. The molecule has 0 heterocycles. The van der Waals surface area contributed by atoms with Gasteiger partial charge in [0.15, 0.2) is 0 Å². The Hall–Kier alpha value is -2.50. The summed E-state index contributed by atoms with van der Waals surface area (Å²) in [6, 6.07) is 19.7. The molecule has 4 aliphatic rings. The molecule has 4 aliphatic carbocycles. The van der Waals surface area contributed by atoms with Gasteiger partial charge in [-0.2, -0.15) is 49.2 Å². The number of hydrogen-bond donors (Lipinski definition) is 0. The zero-order valence-electron chi connectivity index (χ0n) is 21.1. The monoisotopic (exact) mass is 538 g/mol. The van der Waals surface area contributed by atoms with Crippen LogP contribution < -0.4 is 0 Å². The third-order valence-corrected chi connectivity index (χ3v) is 6.11. The van der Waals surface area contributed by atoms with Gasteiger partial charge in [-0.25, -0.2) is 36.1 Å². The van der Waals surface area contributed by atoms with Crippen LogP contribution in [0.2, 0.25) is 0 Å². The van der Waals surface area contributed by atoms with Crippen LogP contribution in [0.4, 0.5) is 0 Å². The molecule has 0 N–H and O–H groups in total. The average Bonchev–Trinajstić information content (AvgIpc) is 3.57. The van der Waals surface area contributed by atoms with Gasteiger partial charge in [-0.1, -0.05) is 25.0 Å². The molecular formula is C34H40Zr. The topological polar surface area (TPSA) is 0 Å². The summed E-state index contributed by atoms with van der Waals surface area (Å²) in [5.74, 6) is 1.77. The molecule has 2 aromatic carbocycles. The van der Waals surface area contributed by atoms with E-state index in [0.717, 1.165) is 23.0 Å². The second-order valence-electron chi connectivity index (χ2n) is 8.59. The summed E-state index contributed by atoms with van der Waals surface area (Å²) in [4.78, 5) is 0. The van der Waals surface area contributed by atoms with Gasteiger partial charge in [0, 0.05) is 0 Å². The molecule has 2 aromatic rings. The van der Waals surface area contributed by atoms with Crippen LogP contribution in [0.15, 0.2) is 121 Å². The number of fused-ring (bicyclic) bond motifs is 2. The van der Waals surface area contributed by atoms with E-state index in [2.05, 4.69) is 76.3 Å². The number of hydrogen-bond acceptors (Lipinski definition) is 0. The molecule has 180 valence electrons. The molecule has 35 heavy (non-hydrogen) atoms. The quantitative estimate of drug-likeness (QED) is 0.231. The summed E-state index contributed by atoms with van der Waals surface area (Å²) < 4.78 is 0. The Labute approximate surface area is 234 Å². The van der Waals surface area contributed by atoms with Crippen LogP contribution in [0.1, 0.15) is 49.7 Å². The molecule has 0 amide bonds. The summed E-state index contributed by atoms with van der Waals surface area (Å²) >= 11 is 0. The van der Waals surface area contributed by atoms with Crippen molar-refractivity contribution in [2.45, 2.75) is 38.5 Å². The first-order chi connectivity index (χ1) is 16.7. The first-order valence-electron chi connectivity index (χ1n) is 12.4. The van der Waals surface area contributed by atoms with Crippen molar-refractivity contribution in [2.75, 3.05) is 0 Å². The van der Waals surface area contributed by atoms with E-state index in [0.29, 0.717) is 0 Å². The Bertz CT molecular complexity index is 840. The average molecular weight is 540 g/mol. The van der Waals surface area contributed by atoms with Crippen LogP contribution in [0.5, 0.6) is 0 Å². The van der Waals surface area contributed by atoms with Gasteiger partial charge in [0.05, 0.1) is 0 Å². The van der Waals surface area contributed by atoms with Gasteiger partial charge in [-0.3, -0.25) is 0 Å². The van der Waals surface area contributed by atoms with Gasteiger partial charge in [0.25, 0.3) is 0 Å². The first kappa shape index (κ1) is 30.5. The van der Waals surface area contributed by atoms with Crippen molar-refractivity contribution in [1.29, 1.82) is 0 Å². The predicted molar refractivity (Wildman–Crippen MR) is 151 cm³/mol. The Morgan fingerprint density at radius 3 is 1.29 bits per heavy atom. The summed E-state index contributed by atoms with van der Waals surface area (Å²) in [5, 5.41) is 0. The number of rotatable bonds is 0. The third-order valence-electron chi connectivity index (χ3n) is 6.11. The van der Waals surface area contributed by atoms with Crippen molar-refractivity contribution < 1.29 is 26.2 Å². The van der Waals surface area contributed by atoms with Crippen molar-refractivity contribution in [3.05, 3.63) is 159 Å². The Kier molecular flexibility index (Phi) is 16.4. The van der Waals surface area contributed by atoms with Crippen LogP contribution in [-0.4, -0.2) is 0 Å². The Morgan fingerprint density at radius 2 is 1.00 bits per heavy atom. The molecule has 1 heteroatoms. The molecule has 0 radical (unpaired) electrons. The molecule has 0 nitrogen and oxygen atoms in total. The van der Waals surface area contributed by atoms with E-state index in [-0.39, 0.29) is 26.2 Å². The second-order valence-corrected chi connectivity index (χ2v) is 8.59. The van der Waals surface area contributed by atoms with Crippen LogP contribution in [0.3, 0.4) is 0 Å². The first-order valence-corrected chi connectivity index (χ1v) is 12.4. The molecule has 6 rings (SSSR count). The summed E-state index contributed by atoms with van der Waals surface area (Å²) in [6.07, 6.45) is 26.1. The zero-order chi connectivity index (χ0) is 24.4. The zero-order valence-corrected chi connectivity index (χ0v) is 23.6. The van der Waals surface area contributed by atoms with E-state index in [1.165, 1.54) is 38.5 Å². The fourth-order valence-corrected chi connectivity index (χ4v) is 4.29. The minimum atomic E-state index is 0. The summed E-state index contributed by atoms with van der Waals surface area (Å²) in [7, 11) is 0.